The normalized spacial score (nSPS) is 16.1. The Morgan fingerprint density at radius 1 is 0.469 bits per heavy atom. The Labute approximate surface area is 377 Å². The number of anilines is 1. The molecule has 6 aromatic rings. The molecule has 0 radical (unpaired) electrons. The number of fused-ring (bicyclic) bond motifs is 4. The molecule has 0 saturated carbocycles. The number of nitrogen functional groups attached to an aromatic ring is 1. The van der Waals surface area contributed by atoms with Crippen LogP contribution in [0.25, 0.3) is 47.6 Å². The van der Waals surface area contributed by atoms with Crippen molar-refractivity contribution in [2.24, 2.45) is 0 Å². The second-order valence-corrected chi connectivity index (χ2v) is 16.9. The van der Waals surface area contributed by atoms with Crippen LogP contribution in [0.5, 0.6) is 0 Å². The van der Waals surface area contributed by atoms with Gasteiger partial charge in [0.2, 0.25) is 0 Å². The summed E-state index contributed by atoms with van der Waals surface area (Å²) in [6, 6.07) is 49.8. The molecule has 10 rings (SSSR count). The van der Waals surface area contributed by atoms with Crippen LogP contribution in [0.2, 0.25) is 0 Å². The lowest BCUT2D eigenvalue weighted by atomic mass is 9.86. The van der Waals surface area contributed by atoms with Crippen molar-refractivity contribution in [3.8, 4) is 0 Å². The van der Waals surface area contributed by atoms with Gasteiger partial charge in [-0.15, -0.1) is 0 Å². The number of hydrogen-bond acceptors (Lipinski definition) is 5. The smallest absolute Gasteiger partial charge is 0.269 e. The van der Waals surface area contributed by atoms with Crippen molar-refractivity contribution in [2.75, 3.05) is 45.0 Å². The van der Waals surface area contributed by atoms with Gasteiger partial charge in [-0.25, -0.2) is 0 Å². The molecule has 0 amide bonds. The quantitative estimate of drug-likeness (QED) is 0.0983. The van der Waals surface area contributed by atoms with E-state index in [-0.39, 0.29) is 10.6 Å². The van der Waals surface area contributed by atoms with E-state index in [1.54, 1.807) is 29.8 Å². The molecular formula is C58H54N4O2. The molecule has 6 aromatic carbocycles. The van der Waals surface area contributed by atoms with E-state index in [4.69, 9.17) is 5.73 Å². The molecule has 0 atom stereocenters. The summed E-state index contributed by atoms with van der Waals surface area (Å²) in [5.74, 6) is 0. The third-order valence-corrected chi connectivity index (χ3v) is 12.8. The molecule has 2 fully saturated rings. The van der Waals surface area contributed by atoms with Gasteiger partial charge in [0.15, 0.2) is 0 Å². The summed E-state index contributed by atoms with van der Waals surface area (Å²) in [4.78, 5) is 15.5. The first-order valence-corrected chi connectivity index (χ1v) is 22.5. The van der Waals surface area contributed by atoms with E-state index in [1.165, 1.54) is 66.8 Å². The fourth-order valence-corrected chi connectivity index (χ4v) is 9.39. The van der Waals surface area contributed by atoms with Crippen molar-refractivity contribution in [3.05, 3.63) is 235 Å². The number of benzene rings is 6. The average Bonchev–Trinajstić information content (AvgIpc) is 3.61. The zero-order valence-corrected chi connectivity index (χ0v) is 36.3. The van der Waals surface area contributed by atoms with Crippen LogP contribution in [0.1, 0.15) is 81.3 Å². The molecule has 2 aliphatic heterocycles. The van der Waals surface area contributed by atoms with Crippen LogP contribution in [0, 0.1) is 10.1 Å². The Morgan fingerprint density at radius 2 is 0.797 bits per heavy atom. The lowest BCUT2D eigenvalue weighted by Gasteiger charge is -2.29. The van der Waals surface area contributed by atoms with Crippen LogP contribution in [0.15, 0.2) is 169 Å². The molecule has 318 valence electrons. The molecule has 2 N–H and O–H groups in total. The number of likely N-dealkylation sites (tertiary alicyclic amines) is 2. The van der Waals surface area contributed by atoms with E-state index < -0.39 is 0 Å². The number of piperidine rings is 2. The molecule has 2 saturated heterocycles. The Balaban J connectivity index is 0.000000162. The standard InChI is InChI=1S/C29H26N2O2.C29H28N2/c32-31(33)26-15-11-22(12-16-26)6-5-19-30-20-17-25(18-21-30)29-27-9-3-1-7-23(27)13-14-24-8-2-4-10-28(24)29;30-26-15-11-22(12-16-26)6-5-19-31-20-17-25(18-21-31)29-27-9-3-1-7-23(27)13-14-24-8-2-4-10-28(24)29/h1-16H,17-21H2;1-16H,17-21,30H2. The summed E-state index contributed by atoms with van der Waals surface area (Å²) in [5, 5.41) is 10.8. The van der Waals surface area contributed by atoms with Crippen molar-refractivity contribution in [1.82, 2.24) is 9.80 Å². The van der Waals surface area contributed by atoms with Gasteiger partial charge in [0, 0.05) is 57.1 Å². The van der Waals surface area contributed by atoms with Gasteiger partial charge in [0.1, 0.15) is 0 Å². The maximum absolute atomic E-state index is 10.8. The highest BCUT2D eigenvalue weighted by Crippen LogP contribution is 2.40. The highest BCUT2D eigenvalue weighted by Gasteiger charge is 2.24. The topological polar surface area (TPSA) is 75.6 Å². The molecule has 0 aromatic heterocycles. The maximum atomic E-state index is 10.8. The largest absolute Gasteiger partial charge is 0.399 e. The van der Waals surface area contributed by atoms with Crippen LogP contribution in [-0.4, -0.2) is 54.0 Å². The minimum absolute atomic E-state index is 0.126. The van der Waals surface area contributed by atoms with Crippen molar-refractivity contribution in [3.63, 3.8) is 0 Å². The van der Waals surface area contributed by atoms with Crippen LogP contribution in [0.4, 0.5) is 11.4 Å². The second-order valence-electron chi connectivity index (χ2n) is 16.9. The monoisotopic (exact) mass is 838 g/mol. The van der Waals surface area contributed by atoms with Crippen molar-refractivity contribution < 1.29 is 4.92 Å². The Hall–Kier alpha value is -7.12. The molecule has 4 aliphatic rings. The summed E-state index contributed by atoms with van der Waals surface area (Å²) < 4.78 is 0. The Bertz CT molecular complexity index is 2700. The summed E-state index contributed by atoms with van der Waals surface area (Å²) >= 11 is 0. The number of nitro benzene ring substituents is 1. The molecule has 64 heavy (non-hydrogen) atoms. The van der Waals surface area contributed by atoms with Crippen molar-refractivity contribution in [2.45, 2.75) is 25.7 Å². The minimum Gasteiger partial charge on any atom is -0.399 e. The summed E-state index contributed by atoms with van der Waals surface area (Å²) in [7, 11) is 0. The van der Waals surface area contributed by atoms with Gasteiger partial charge in [0.05, 0.1) is 4.92 Å². The first kappa shape index (κ1) is 42.2. The van der Waals surface area contributed by atoms with Gasteiger partial charge in [-0.2, -0.15) is 0 Å². The molecule has 2 aliphatic carbocycles. The number of rotatable bonds is 7. The van der Waals surface area contributed by atoms with E-state index in [1.807, 2.05) is 18.2 Å². The van der Waals surface area contributed by atoms with Gasteiger partial charge < -0.3 is 5.73 Å². The zero-order chi connectivity index (χ0) is 43.7. The lowest BCUT2D eigenvalue weighted by molar-refractivity contribution is -0.384. The molecule has 6 heteroatoms. The minimum atomic E-state index is -0.367. The van der Waals surface area contributed by atoms with Crippen LogP contribution < -0.4 is 5.73 Å². The van der Waals surface area contributed by atoms with Crippen molar-refractivity contribution >= 4 is 59.0 Å². The van der Waals surface area contributed by atoms with Crippen molar-refractivity contribution in [1.29, 1.82) is 0 Å². The molecule has 6 nitrogen and oxygen atoms in total. The molecular weight excluding hydrogens is 785 g/mol. The Morgan fingerprint density at radius 3 is 1.14 bits per heavy atom. The number of nitro groups is 1. The highest BCUT2D eigenvalue weighted by atomic mass is 16.6. The van der Waals surface area contributed by atoms with E-state index in [9.17, 15) is 10.1 Å². The SMILES string of the molecule is Nc1ccc(C=CCN2CCC(=C3c4ccccc4C=Cc4ccccc43)CC2)cc1.O=[N+]([O-])c1ccc(C=CCN2CCC(=C3c4ccccc4C=Cc4ccccc43)CC2)cc1. The third-order valence-electron chi connectivity index (χ3n) is 12.8. The van der Waals surface area contributed by atoms with Gasteiger partial charge in [0.25, 0.3) is 5.69 Å². The average molecular weight is 839 g/mol. The zero-order valence-electron chi connectivity index (χ0n) is 36.3. The maximum Gasteiger partial charge on any atom is 0.269 e. The van der Waals surface area contributed by atoms with Crippen LogP contribution in [0.3, 0.4) is 0 Å². The van der Waals surface area contributed by atoms with E-state index in [2.05, 4.69) is 162 Å². The lowest BCUT2D eigenvalue weighted by Crippen LogP contribution is -2.31. The number of hydrogen-bond donors (Lipinski definition) is 1. The van der Waals surface area contributed by atoms with E-state index in [0.717, 1.165) is 76.2 Å². The van der Waals surface area contributed by atoms with Gasteiger partial charge in [-0.3, -0.25) is 19.9 Å². The highest BCUT2D eigenvalue weighted by molar-refractivity contribution is 5.96. The van der Waals surface area contributed by atoms with Crippen LogP contribution >= 0.6 is 0 Å². The van der Waals surface area contributed by atoms with Gasteiger partial charge >= 0.3 is 0 Å². The number of non-ortho nitro benzene ring substituents is 1. The van der Waals surface area contributed by atoms with Gasteiger partial charge in [-0.05, 0) is 117 Å². The predicted octanol–water partition coefficient (Wildman–Crippen LogP) is 13.1. The molecule has 0 bridgehead atoms. The van der Waals surface area contributed by atoms with E-state index >= 15 is 0 Å². The summed E-state index contributed by atoms with van der Waals surface area (Å²) in [5.41, 5.74) is 25.5. The van der Waals surface area contributed by atoms with Gasteiger partial charge in [-0.1, -0.05) is 169 Å². The second kappa shape index (κ2) is 19.9. The molecule has 0 unspecified atom stereocenters. The molecule has 0 spiro atoms. The summed E-state index contributed by atoms with van der Waals surface area (Å²) in [6.45, 7) is 6.13. The first-order valence-electron chi connectivity index (χ1n) is 22.5. The molecule has 2 heterocycles. The number of nitrogens with zero attached hydrogens (tertiary/aromatic N) is 3. The van der Waals surface area contributed by atoms with E-state index in [0.29, 0.717) is 0 Å². The Kier molecular flexibility index (Phi) is 13.1. The first-order chi connectivity index (χ1) is 31.5. The number of nitrogens with two attached hydrogens (primary N) is 1. The van der Waals surface area contributed by atoms with Crippen LogP contribution in [-0.2, 0) is 0 Å². The third kappa shape index (κ3) is 9.90. The summed E-state index contributed by atoms with van der Waals surface area (Å²) in [6.07, 6.45) is 22.0. The fraction of sp³-hybridized carbons (Fsp3) is 0.172. The predicted molar refractivity (Wildman–Crippen MR) is 269 cm³/mol. The fourth-order valence-electron chi connectivity index (χ4n) is 9.39.